The Labute approximate surface area is 177 Å². The van der Waals surface area contributed by atoms with Gasteiger partial charge in [0.25, 0.3) is 0 Å². The number of halogens is 1. The van der Waals surface area contributed by atoms with E-state index in [2.05, 4.69) is 31.2 Å². The van der Waals surface area contributed by atoms with E-state index in [0.717, 1.165) is 47.6 Å². The van der Waals surface area contributed by atoms with Crippen molar-refractivity contribution in [1.82, 2.24) is 0 Å². The maximum atomic E-state index is 13.4. The molecule has 0 N–H and O–H groups in total. The summed E-state index contributed by atoms with van der Waals surface area (Å²) in [5.74, 6) is 2.94. The largest absolute Gasteiger partial charge is 0.497 e. The number of hydrogen-bond donors (Lipinski definition) is 0. The van der Waals surface area contributed by atoms with Gasteiger partial charge in [0.2, 0.25) is 0 Å². The quantitative estimate of drug-likeness (QED) is 0.534. The topological polar surface area (TPSA) is 26.3 Å². The summed E-state index contributed by atoms with van der Waals surface area (Å²) in [5.41, 5.74) is 4.80. The van der Waals surface area contributed by atoms with Crippen molar-refractivity contribution < 1.29 is 9.53 Å². The summed E-state index contributed by atoms with van der Waals surface area (Å²) in [6.45, 7) is 2.22. The number of rotatable bonds is 2. The number of carbonyl (C=O) groups is 1. The number of aryl methyl sites for hydroxylation is 1. The maximum absolute atomic E-state index is 13.4. The van der Waals surface area contributed by atoms with Crippen LogP contribution in [0.15, 0.2) is 48.0 Å². The van der Waals surface area contributed by atoms with Crippen molar-refractivity contribution in [1.29, 1.82) is 0 Å². The Morgan fingerprint density at radius 2 is 1.93 bits per heavy atom. The third kappa shape index (κ3) is 3.04. The molecule has 4 atom stereocenters. The zero-order valence-electron chi connectivity index (χ0n) is 17.1. The molecule has 3 aliphatic rings. The first-order valence-corrected chi connectivity index (χ1v) is 11.0. The minimum absolute atomic E-state index is 0.205. The van der Waals surface area contributed by atoms with Crippen LogP contribution in [0.25, 0.3) is 6.08 Å². The molecular formula is C26H27ClO2. The summed E-state index contributed by atoms with van der Waals surface area (Å²) in [6.07, 6.45) is 7.36. The average molecular weight is 407 g/mol. The molecule has 0 saturated heterocycles. The molecule has 3 aliphatic carbocycles. The van der Waals surface area contributed by atoms with Gasteiger partial charge in [0.15, 0.2) is 5.78 Å². The average Bonchev–Trinajstić information content (AvgIpc) is 2.99. The predicted molar refractivity (Wildman–Crippen MR) is 117 cm³/mol. The van der Waals surface area contributed by atoms with Crippen LogP contribution in [0.5, 0.6) is 5.75 Å². The van der Waals surface area contributed by atoms with Crippen molar-refractivity contribution >= 4 is 23.5 Å². The summed E-state index contributed by atoms with van der Waals surface area (Å²) in [5, 5.41) is 0.728. The molecule has 4 unspecified atom stereocenters. The highest BCUT2D eigenvalue weighted by Crippen LogP contribution is 2.60. The minimum atomic E-state index is -0.205. The first kappa shape index (κ1) is 18.9. The summed E-state index contributed by atoms with van der Waals surface area (Å²) >= 11 is 6.02. The van der Waals surface area contributed by atoms with Gasteiger partial charge in [-0.1, -0.05) is 36.7 Å². The monoisotopic (exact) mass is 406 g/mol. The van der Waals surface area contributed by atoms with Gasteiger partial charge in [-0.3, -0.25) is 4.79 Å². The number of benzene rings is 2. The first-order valence-electron chi connectivity index (χ1n) is 10.7. The second-order valence-electron chi connectivity index (χ2n) is 9.19. The van der Waals surface area contributed by atoms with Crippen LogP contribution >= 0.6 is 11.6 Å². The van der Waals surface area contributed by atoms with Crippen LogP contribution in [-0.4, -0.2) is 12.9 Å². The standard InChI is InChI=1S/C26H27ClO2/c1-26-12-11-22-21-10-8-20(29-2)14-17(21)5-9-23(22)24(26)15-18(25(26)28)13-16-3-6-19(27)7-4-16/h3-4,6-8,10,13-14,22-24H,5,9,11-12,15H2,1-2H3/b18-13+. The molecule has 0 radical (unpaired) electrons. The Morgan fingerprint density at radius 3 is 2.69 bits per heavy atom. The van der Waals surface area contributed by atoms with E-state index in [9.17, 15) is 4.79 Å². The lowest BCUT2D eigenvalue weighted by Gasteiger charge is -2.48. The maximum Gasteiger partial charge on any atom is 0.165 e. The molecule has 5 rings (SSSR count). The molecule has 2 aromatic carbocycles. The van der Waals surface area contributed by atoms with Crippen LogP contribution < -0.4 is 4.74 Å². The van der Waals surface area contributed by atoms with E-state index in [4.69, 9.17) is 16.3 Å². The normalized spacial score (nSPS) is 31.9. The van der Waals surface area contributed by atoms with E-state index >= 15 is 0 Å². The van der Waals surface area contributed by atoms with Crippen LogP contribution in [-0.2, 0) is 11.2 Å². The van der Waals surface area contributed by atoms with Crippen molar-refractivity contribution in [2.45, 2.75) is 44.9 Å². The molecule has 2 fully saturated rings. The number of allylic oxidation sites excluding steroid dienone is 1. The highest BCUT2D eigenvalue weighted by Gasteiger charge is 2.56. The lowest BCUT2D eigenvalue weighted by Crippen LogP contribution is -2.42. The Morgan fingerprint density at radius 1 is 1.14 bits per heavy atom. The summed E-state index contributed by atoms with van der Waals surface area (Å²) in [4.78, 5) is 13.4. The van der Waals surface area contributed by atoms with Gasteiger partial charge < -0.3 is 4.74 Å². The van der Waals surface area contributed by atoms with Gasteiger partial charge in [0.05, 0.1) is 7.11 Å². The molecule has 2 aromatic rings. The molecule has 0 amide bonds. The molecule has 150 valence electrons. The molecule has 2 saturated carbocycles. The van der Waals surface area contributed by atoms with E-state index in [1.807, 2.05) is 24.3 Å². The van der Waals surface area contributed by atoms with Crippen molar-refractivity contribution in [3.8, 4) is 5.75 Å². The van der Waals surface area contributed by atoms with Crippen LogP contribution in [0.1, 0.15) is 55.2 Å². The second kappa shape index (κ2) is 7.02. The third-order valence-electron chi connectivity index (χ3n) is 7.78. The molecule has 3 heteroatoms. The van der Waals surface area contributed by atoms with E-state index in [-0.39, 0.29) is 5.41 Å². The minimum Gasteiger partial charge on any atom is -0.497 e. The molecule has 0 aromatic heterocycles. The summed E-state index contributed by atoms with van der Waals surface area (Å²) < 4.78 is 5.43. The van der Waals surface area contributed by atoms with Crippen LogP contribution in [0.3, 0.4) is 0 Å². The van der Waals surface area contributed by atoms with Crippen LogP contribution in [0, 0.1) is 17.3 Å². The molecule has 0 aliphatic heterocycles. The smallest absolute Gasteiger partial charge is 0.165 e. The number of ether oxygens (including phenoxy) is 1. The van der Waals surface area contributed by atoms with Gasteiger partial charge in [0, 0.05) is 10.4 Å². The second-order valence-corrected chi connectivity index (χ2v) is 9.63. The van der Waals surface area contributed by atoms with Gasteiger partial charge in [-0.15, -0.1) is 0 Å². The fraction of sp³-hybridized carbons (Fsp3) is 0.423. The van der Waals surface area contributed by atoms with Gasteiger partial charge in [-0.2, -0.15) is 0 Å². The van der Waals surface area contributed by atoms with E-state index in [0.29, 0.717) is 23.5 Å². The number of hydrogen-bond acceptors (Lipinski definition) is 2. The molecule has 0 heterocycles. The van der Waals surface area contributed by atoms with E-state index in [1.165, 1.54) is 17.5 Å². The number of carbonyl (C=O) groups excluding carboxylic acids is 1. The van der Waals surface area contributed by atoms with Crippen molar-refractivity contribution in [2.75, 3.05) is 7.11 Å². The van der Waals surface area contributed by atoms with Crippen molar-refractivity contribution in [3.05, 3.63) is 69.8 Å². The Hall–Kier alpha value is -2.06. The molecule has 2 nitrogen and oxygen atoms in total. The Bertz CT molecular complexity index is 990. The predicted octanol–water partition coefficient (Wildman–Crippen LogP) is 6.47. The third-order valence-corrected chi connectivity index (χ3v) is 8.04. The van der Waals surface area contributed by atoms with Crippen molar-refractivity contribution in [3.63, 3.8) is 0 Å². The number of Topliss-reactive ketones (excluding diaryl/α,β-unsaturated/α-hetero) is 1. The molecule has 0 spiro atoms. The molecule has 29 heavy (non-hydrogen) atoms. The fourth-order valence-corrected chi connectivity index (χ4v) is 6.37. The zero-order chi connectivity index (χ0) is 20.2. The highest BCUT2D eigenvalue weighted by atomic mass is 35.5. The molecule has 0 bridgehead atoms. The first-order chi connectivity index (χ1) is 14.0. The highest BCUT2D eigenvalue weighted by molar-refractivity contribution is 6.30. The number of ketones is 1. The van der Waals surface area contributed by atoms with Gasteiger partial charge in [-0.05, 0) is 102 Å². The van der Waals surface area contributed by atoms with E-state index in [1.54, 1.807) is 7.11 Å². The van der Waals surface area contributed by atoms with Gasteiger partial charge in [0.1, 0.15) is 5.75 Å². The summed E-state index contributed by atoms with van der Waals surface area (Å²) in [6, 6.07) is 14.4. The Kier molecular flexibility index (Phi) is 4.58. The number of methoxy groups -OCH3 is 1. The summed E-state index contributed by atoms with van der Waals surface area (Å²) in [7, 11) is 1.73. The Balaban J connectivity index is 1.47. The van der Waals surface area contributed by atoms with Gasteiger partial charge in [-0.25, -0.2) is 0 Å². The lowest BCUT2D eigenvalue weighted by atomic mass is 9.55. The van der Waals surface area contributed by atoms with Gasteiger partial charge >= 0.3 is 0 Å². The number of fused-ring (bicyclic) bond motifs is 5. The fourth-order valence-electron chi connectivity index (χ4n) is 6.25. The lowest BCUT2D eigenvalue weighted by molar-refractivity contribution is -0.127. The van der Waals surface area contributed by atoms with Crippen LogP contribution in [0.2, 0.25) is 5.02 Å². The van der Waals surface area contributed by atoms with E-state index < -0.39 is 0 Å². The van der Waals surface area contributed by atoms with Crippen molar-refractivity contribution in [2.24, 2.45) is 17.3 Å². The zero-order valence-corrected chi connectivity index (χ0v) is 17.8. The molecular weight excluding hydrogens is 380 g/mol. The SMILES string of the molecule is COc1ccc2c(c1)CCC1C2CCC2(C)C(=O)/C(=C/c3ccc(Cl)cc3)CC12. The van der Waals surface area contributed by atoms with Crippen LogP contribution in [0.4, 0.5) is 0 Å².